The molecule has 5 nitrogen and oxygen atoms in total. The molecule has 33 heavy (non-hydrogen) atoms. The monoisotopic (exact) mass is 427 g/mol. The number of rotatable bonds is 1. The Morgan fingerprint density at radius 3 is 1.97 bits per heavy atom. The fourth-order valence-electron chi connectivity index (χ4n) is 4.81. The molecule has 0 saturated carbocycles. The number of fused-ring (bicyclic) bond motifs is 9. The van der Waals surface area contributed by atoms with Gasteiger partial charge in [0.1, 0.15) is 0 Å². The summed E-state index contributed by atoms with van der Waals surface area (Å²) in [7, 11) is 0. The fourth-order valence-corrected chi connectivity index (χ4v) is 4.81. The summed E-state index contributed by atoms with van der Waals surface area (Å²) in [4.78, 5) is 19.0. The van der Waals surface area contributed by atoms with Gasteiger partial charge in [-0.15, -0.1) is 0 Å². The van der Waals surface area contributed by atoms with Crippen molar-refractivity contribution in [1.29, 1.82) is 0 Å². The minimum absolute atomic E-state index is 0.932. The van der Waals surface area contributed by atoms with Gasteiger partial charge in [-0.05, 0) is 84.8 Å². The standard InChI is InChI=1S/C28H21N5/c1-2-4-27-18(3-1)11-12-33(27)28-17-25-15-23-8-7-21(30-23)13-19-5-6-20(29-19)14-22-9-10-24(31-22)16-26(28)32-25/h1-10,13-17,29,32H,11-12H2. The first-order chi connectivity index (χ1) is 16.3. The van der Waals surface area contributed by atoms with Gasteiger partial charge >= 0.3 is 0 Å². The molecule has 0 amide bonds. The summed E-state index contributed by atoms with van der Waals surface area (Å²) in [5.41, 5.74) is 11.7. The van der Waals surface area contributed by atoms with Crippen molar-refractivity contribution in [2.24, 2.45) is 0 Å². The lowest BCUT2D eigenvalue weighted by molar-refractivity contribution is 1.00. The van der Waals surface area contributed by atoms with Gasteiger partial charge in [0.15, 0.2) is 0 Å². The van der Waals surface area contributed by atoms with E-state index in [1.165, 1.54) is 11.3 Å². The van der Waals surface area contributed by atoms with Crippen molar-refractivity contribution in [3.63, 3.8) is 0 Å². The Kier molecular flexibility index (Phi) is 3.90. The van der Waals surface area contributed by atoms with Crippen molar-refractivity contribution in [3.8, 4) is 0 Å². The van der Waals surface area contributed by atoms with Crippen LogP contribution >= 0.6 is 0 Å². The van der Waals surface area contributed by atoms with Gasteiger partial charge in [0.05, 0.1) is 34.0 Å². The van der Waals surface area contributed by atoms with Crippen molar-refractivity contribution in [2.45, 2.75) is 6.42 Å². The predicted octanol–water partition coefficient (Wildman–Crippen LogP) is 6.35. The minimum Gasteiger partial charge on any atom is -0.355 e. The van der Waals surface area contributed by atoms with E-state index in [-0.39, 0.29) is 0 Å². The number of hydrogen-bond donors (Lipinski definition) is 2. The molecule has 158 valence electrons. The van der Waals surface area contributed by atoms with Gasteiger partial charge in [0.2, 0.25) is 0 Å². The number of H-pyrrole nitrogens is 2. The van der Waals surface area contributed by atoms with Crippen LogP contribution in [-0.2, 0) is 6.42 Å². The van der Waals surface area contributed by atoms with Crippen molar-refractivity contribution in [1.82, 2.24) is 19.9 Å². The van der Waals surface area contributed by atoms with Crippen molar-refractivity contribution >= 4 is 57.7 Å². The van der Waals surface area contributed by atoms with Crippen LogP contribution in [-0.4, -0.2) is 26.5 Å². The maximum Gasteiger partial charge on any atom is 0.0671 e. The predicted molar refractivity (Wildman–Crippen MR) is 136 cm³/mol. The molecule has 4 aromatic rings. The molecule has 1 aromatic carbocycles. The second-order valence-corrected chi connectivity index (χ2v) is 8.59. The number of aromatic amines is 2. The first-order valence-corrected chi connectivity index (χ1v) is 11.2. The van der Waals surface area contributed by atoms with E-state index in [1.54, 1.807) is 0 Å². The van der Waals surface area contributed by atoms with Gasteiger partial charge in [0, 0.05) is 28.8 Å². The van der Waals surface area contributed by atoms with Crippen molar-refractivity contribution in [3.05, 3.63) is 95.1 Å². The molecule has 0 saturated heterocycles. The average Bonchev–Trinajstić information content (AvgIpc) is 3.62. The first kappa shape index (κ1) is 18.2. The van der Waals surface area contributed by atoms with Gasteiger partial charge in [-0.2, -0.15) is 0 Å². The van der Waals surface area contributed by atoms with Crippen LogP contribution < -0.4 is 4.90 Å². The first-order valence-electron chi connectivity index (χ1n) is 11.2. The molecule has 3 aliphatic heterocycles. The number of nitrogens with zero attached hydrogens (tertiary/aromatic N) is 3. The Morgan fingerprint density at radius 2 is 1.24 bits per heavy atom. The molecule has 0 unspecified atom stereocenters. The van der Waals surface area contributed by atoms with E-state index in [0.717, 1.165) is 63.5 Å². The number of anilines is 2. The van der Waals surface area contributed by atoms with Crippen LogP contribution in [0.15, 0.2) is 66.7 Å². The van der Waals surface area contributed by atoms with Crippen LogP contribution in [0.1, 0.15) is 28.3 Å². The molecule has 3 aliphatic rings. The molecular weight excluding hydrogens is 406 g/mol. The lowest BCUT2D eigenvalue weighted by Gasteiger charge is -2.18. The van der Waals surface area contributed by atoms with E-state index >= 15 is 0 Å². The smallest absolute Gasteiger partial charge is 0.0671 e. The van der Waals surface area contributed by atoms with Crippen LogP contribution in [0.4, 0.5) is 11.4 Å². The van der Waals surface area contributed by atoms with E-state index in [9.17, 15) is 0 Å². The highest BCUT2D eigenvalue weighted by atomic mass is 15.2. The van der Waals surface area contributed by atoms with Crippen LogP contribution in [0.5, 0.6) is 0 Å². The number of aromatic nitrogens is 4. The zero-order valence-electron chi connectivity index (χ0n) is 17.9. The number of nitrogens with one attached hydrogen (secondary N) is 2. The highest BCUT2D eigenvalue weighted by Crippen LogP contribution is 2.37. The molecule has 2 N–H and O–H groups in total. The van der Waals surface area contributed by atoms with Gasteiger partial charge in [-0.3, -0.25) is 0 Å². The Morgan fingerprint density at radius 1 is 0.606 bits per heavy atom. The lowest BCUT2D eigenvalue weighted by Crippen LogP contribution is -2.12. The molecule has 5 heteroatoms. The van der Waals surface area contributed by atoms with E-state index in [0.29, 0.717) is 0 Å². The summed E-state index contributed by atoms with van der Waals surface area (Å²) < 4.78 is 0. The van der Waals surface area contributed by atoms with Crippen LogP contribution in [0.2, 0.25) is 0 Å². The summed E-state index contributed by atoms with van der Waals surface area (Å²) in [5.74, 6) is 0. The second-order valence-electron chi connectivity index (χ2n) is 8.59. The highest BCUT2D eigenvalue weighted by molar-refractivity contribution is 5.88. The number of benzene rings is 1. The minimum atomic E-state index is 0.932. The summed E-state index contributed by atoms with van der Waals surface area (Å²) in [6.07, 6.45) is 9.27. The van der Waals surface area contributed by atoms with Crippen LogP contribution in [0.3, 0.4) is 0 Å². The van der Waals surface area contributed by atoms with E-state index in [4.69, 9.17) is 9.97 Å². The summed E-state index contributed by atoms with van der Waals surface area (Å²) >= 11 is 0. The molecular formula is C28H21N5. The lowest BCUT2D eigenvalue weighted by atomic mass is 10.2. The van der Waals surface area contributed by atoms with Gasteiger partial charge in [0.25, 0.3) is 0 Å². The van der Waals surface area contributed by atoms with Crippen LogP contribution in [0, 0.1) is 0 Å². The van der Waals surface area contributed by atoms with Gasteiger partial charge in [-0.1, -0.05) is 18.2 Å². The molecule has 0 atom stereocenters. The third-order valence-corrected chi connectivity index (χ3v) is 6.32. The zero-order valence-corrected chi connectivity index (χ0v) is 17.9. The van der Waals surface area contributed by atoms with Gasteiger partial charge in [-0.25, -0.2) is 9.97 Å². The zero-order chi connectivity index (χ0) is 21.8. The van der Waals surface area contributed by atoms with Gasteiger partial charge < -0.3 is 14.9 Å². The Hall–Kier alpha value is -4.38. The summed E-state index contributed by atoms with van der Waals surface area (Å²) in [6, 6.07) is 23.4. The van der Waals surface area contributed by atoms with E-state index in [2.05, 4.69) is 99.8 Å². The second kappa shape index (κ2) is 7.07. The Balaban J connectivity index is 1.50. The van der Waals surface area contributed by atoms with E-state index in [1.807, 2.05) is 6.08 Å². The third-order valence-electron chi connectivity index (χ3n) is 6.32. The van der Waals surface area contributed by atoms with E-state index < -0.39 is 0 Å². The molecule has 6 heterocycles. The largest absolute Gasteiger partial charge is 0.355 e. The third kappa shape index (κ3) is 3.26. The summed E-state index contributed by atoms with van der Waals surface area (Å²) in [5, 5.41) is 0. The quantitative estimate of drug-likeness (QED) is 0.321. The molecule has 0 spiro atoms. The SMILES string of the molecule is C1=Cc2cc3cc(N4CCc5ccccc54)c(cc4nc(cc5ccc(cc1n2)[nH]5)C=C4)[nH]3. The molecule has 0 fully saturated rings. The Bertz CT molecular complexity index is 1630. The topological polar surface area (TPSA) is 60.6 Å². The maximum atomic E-state index is 4.83. The van der Waals surface area contributed by atoms with Crippen molar-refractivity contribution < 1.29 is 0 Å². The molecule has 8 bridgehead atoms. The average molecular weight is 428 g/mol. The number of hydrogen-bond acceptors (Lipinski definition) is 3. The van der Waals surface area contributed by atoms with Crippen LogP contribution in [0.25, 0.3) is 46.4 Å². The number of para-hydroxylation sites is 1. The van der Waals surface area contributed by atoms with Crippen molar-refractivity contribution in [2.75, 3.05) is 11.4 Å². The normalized spacial score (nSPS) is 14.1. The molecule has 3 aromatic heterocycles. The summed E-state index contributed by atoms with van der Waals surface area (Å²) in [6.45, 7) is 0.966. The molecule has 7 rings (SSSR count). The molecule has 0 radical (unpaired) electrons. The highest BCUT2D eigenvalue weighted by Gasteiger charge is 2.21. The Labute approximate surface area is 190 Å². The molecule has 0 aliphatic carbocycles. The fraction of sp³-hybridized carbons (Fsp3) is 0.0714. The maximum absolute atomic E-state index is 4.83.